The van der Waals surface area contributed by atoms with Gasteiger partial charge >= 0.3 is 5.97 Å². The number of carboxylic acid groups (broad SMARTS) is 1. The van der Waals surface area contributed by atoms with Crippen LogP contribution in [0.2, 0.25) is 0 Å². The Morgan fingerprint density at radius 2 is 2.19 bits per heavy atom. The number of carbonyl (C=O) groups excluding carboxylic acids is 2. The molecule has 2 saturated heterocycles. The largest absolute Gasteiger partial charge is 0.481 e. The van der Waals surface area contributed by atoms with Crippen LogP contribution in [0.15, 0.2) is 0 Å². The minimum Gasteiger partial charge on any atom is -0.481 e. The van der Waals surface area contributed by atoms with E-state index in [1.54, 1.807) is 16.7 Å². The van der Waals surface area contributed by atoms with Gasteiger partial charge < -0.3 is 15.3 Å². The van der Waals surface area contributed by atoms with Gasteiger partial charge in [0, 0.05) is 25.1 Å². The van der Waals surface area contributed by atoms with Crippen molar-refractivity contribution in [3.8, 4) is 0 Å². The summed E-state index contributed by atoms with van der Waals surface area (Å²) in [6, 6.07) is -0.353. The fraction of sp³-hybridized carbons (Fsp3) is 0.786. The van der Waals surface area contributed by atoms with Gasteiger partial charge in [-0.2, -0.15) is 0 Å². The van der Waals surface area contributed by atoms with E-state index in [9.17, 15) is 14.4 Å². The highest BCUT2D eigenvalue weighted by Gasteiger charge is 2.52. The lowest BCUT2D eigenvalue weighted by molar-refractivity contribution is -0.137. The lowest BCUT2D eigenvalue weighted by Crippen LogP contribution is -2.50. The predicted molar refractivity (Wildman–Crippen MR) is 79.8 cm³/mol. The predicted octanol–water partition coefficient (Wildman–Crippen LogP) is 1.20. The van der Waals surface area contributed by atoms with E-state index in [0.29, 0.717) is 25.1 Å². The summed E-state index contributed by atoms with van der Waals surface area (Å²) < 4.78 is 0. The molecule has 0 radical (unpaired) electrons. The van der Waals surface area contributed by atoms with Crippen LogP contribution in [0.1, 0.15) is 45.4 Å². The third kappa shape index (κ3) is 3.70. The van der Waals surface area contributed by atoms with E-state index >= 15 is 0 Å². The zero-order valence-electron chi connectivity index (χ0n) is 12.3. The van der Waals surface area contributed by atoms with Gasteiger partial charge in [-0.05, 0) is 26.2 Å². The van der Waals surface area contributed by atoms with E-state index in [2.05, 4.69) is 5.32 Å². The molecule has 21 heavy (non-hydrogen) atoms. The fourth-order valence-corrected chi connectivity index (χ4v) is 4.35. The molecule has 0 aliphatic carbocycles. The van der Waals surface area contributed by atoms with Crippen molar-refractivity contribution >= 4 is 29.5 Å². The summed E-state index contributed by atoms with van der Waals surface area (Å²) in [5, 5.41) is 11.4. The third-order valence-corrected chi connectivity index (χ3v) is 5.62. The Morgan fingerprint density at radius 1 is 1.43 bits per heavy atom. The molecule has 0 saturated carbocycles. The Bertz CT molecular complexity index is 443. The summed E-state index contributed by atoms with van der Waals surface area (Å²) >= 11 is 1.69. The van der Waals surface area contributed by atoms with E-state index < -0.39 is 5.97 Å². The molecule has 0 aromatic rings. The van der Waals surface area contributed by atoms with Crippen molar-refractivity contribution in [1.29, 1.82) is 0 Å². The van der Waals surface area contributed by atoms with Crippen LogP contribution in [-0.4, -0.2) is 51.0 Å². The summed E-state index contributed by atoms with van der Waals surface area (Å²) in [4.78, 5) is 36.0. The first-order valence-corrected chi connectivity index (χ1v) is 8.38. The number of carboxylic acids is 1. The number of hydrogen-bond acceptors (Lipinski definition) is 4. The number of amides is 2. The quantitative estimate of drug-likeness (QED) is 0.690. The smallest absolute Gasteiger partial charge is 0.303 e. The molecule has 2 atom stereocenters. The summed E-state index contributed by atoms with van der Waals surface area (Å²) in [6.45, 7) is 2.57. The SMILES string of the molecule is CC12CCC(=O)N1C(C(=O)NCCCCCC(=O)O)CS2. The van der Waals surface area contributed by atoms with E-state index in [1.165, 1.54) is 0 Å². The number of nitrogens with one attached hydrogen (secondary N) is 1. The van der Waals surface area contributed by atoms with Gasteiger partial charge in [0.15, 0.2) is 0 Å². The molecule has 0 aromatic heterocycles. The Morgan fingerprint density at radius 3 is 2.90 bits per heavy atom. The fourth-order valence-electron chi connectivity index (χ4n) is 2.92. The standard InChI is InChI=1S/C14H22N2O4S/c1-14-7-6-11(17)16(14)10(9-21-14)13(20)15-8-4-2-3-5-12(18)19/h10H,2-9H2,1H3,(H,15,20)(H,18,19). The molecule has 2 fully saturated rings. The van der Waals surface area contributed by atoms with Crippen molar-refractivity contribution in [2.45, 2.75) is 56.4 Å². The maximum atomic E-state index is 12.2. The van der Waals surface area contributed by atoms with Crippen LogP contribution in [0.5, 0.6) is 0 Å². The highest BCUT2D eigenvalue weighted by Crippen LogP contribution is 2.47. The second-order valence-corrected chi connectivity index (χ2v) is 7.26. The minimum atomic E-state index is -0.783. The zero-order chi connectivity index (χ0) is 15.5. The summed E-state index contributed by atoms with van der Waals surface area (Å²) in [7, 11) is 0. The third-order valence-electron chi connectivity index (χ3n) is 4.11. The van der Waals surface area contributed by atoms with Crippen molar-refractivity contribution in [1.82, 2.24) is 10.2 Å². The lowest BCUT2D eigenvalue weighted by atomic mass is 10.2. The Hall–Kier alpha value is -1.24. The highest BCUT2D eigenvalue weighted by atomic mass is 32.2. The Balaban J connectivity index is 1.72. The van der Waals surface area contributed by atoms with Gasteiger partial charge in [-0.15, -0.1) is 11.8 Å². The second kappa shape index (κ2) is 6.68. The molecule has 7 heteroatoms. The van der Waals surface area contributed by atoms with Crippen LogP contribution in [0, 0.1) is 0 Å². The molecule has 2 amide bonds. The van der Waals surface area contributed by atoms with E-state index in [4.69, 9.17) is 5.11 Å². The van der Waals surface area contributed by atoms with Crippen LogP contribution in [0.4, 0.5) is 0 Å². The van der Waals surface area contributed by atoms with Crippen molar-refractivity contribution in [2.75, 3.05) is 12.3 Å². The first kappa shape index (κ1) is 16.1. The normalized spacial score (nSPS) is 27.8. The molecule has 2 aliphatic heterocycles. The molecule has 118 valence electrons. The highest BCUT2D eigenvalue weighted by molar-refractivity contribution is 8.01. The number of hydrogen-bond donors (Lipinski definition) is 2. The van der Waals surface area contributed by atoms with Gasteiger partial charge in [-0.1, -0.05) is 6.42 Å². The molecule has 2 heterocycles. The van der Waals surface area contributed by atoms with Crippen molar-refractivity contribution in [3.63, 3.8) is 0 Å². The number of nitrogens with zero attached hydrogens (tertiary/aromatic N) is 1. The van der Waals surface area contributed by atoms with Crippen LogP contribution in [-0.2, 0) is 14.4 Å². The van der Waals surface area contributed by atoms with E-state index in [-0.39, 0.29) is 29.1 Å². The molecular weight excluding hydrogens is 292 g/mol. The molecule has 2 N–H and O–H groups in total. The summed E-state index contributed by atoms with van der Waals surface area (Å²) in [5.41, 5.74) is 0. The van der Waals surface area contributed by atoms with E-state index in [1.807, 2.05) is 6.92 Å². The molecule has 0 aromatic carbocycles. The average molecular weight is 314 g/mol. The van der Waals surface area contributed by atoms with Gasteiger partial charge in [-0.25, -0.2) is 0 Å². The van der Waals surface area contributed by atoms with E-state index in [0.717, 1.165) is 19.3 Å². The average Bonchev–Trinajstić information content (AvgIpc) is 2.91. The van der Waals surface area contributed by atoms with Crippen LogP contribution >= 0.6 is 11.8 Å². The monoisotopic (exact) mass is 314 g/mol. The maximum absolute atomic E-state index is 12.2. The topological polar surface area (TPSA) is 86.7 Å². The zero-order valence-corrected chi connectivity index (χ0v) is 13.1. The number of rotatable bonds is 7. The Labute approximate surface area is 128 Å². The molecule has 0 bridgehead atoms. The van der Waals surface area contributed by atoms with Crippen molar-refractivity contribution < 1.29 is 19.5 Å². The van der Waals surface area contributed by atoms with Gasteiger partial charge in [0.25, 0.3) is 0 Å². The van der Waals surface area contributed by atoms with Gasteiger partial charge in [-0.3, -0.25) is 14.4 Å². The molecular formula is C14H22N2O4S. The first-order chi connectivity index (χ1) is 9.94. The number of aliphatic carboxylic acids is 1. The number of fused-ring (bicyclic) bond motifs is 1. The second-order valence-electron chi connectivity index (χ2n) is 5.76. The lowest BCUT2D eigenvalue weighted by Gasteiger charge is -2.29. The van der Waals surface area contributed by atoms with Gasteiger partial charge in [0.05, 0.1) is 4.87 Å². The van der Waals surface area contributed by atoms with Crippen molar-refractivity contribution in [2.24, 2.45) is 0 Å². The summed E-state index contributed by atoms with van der Waals surface area (Å²) in [5.74, 6) is -0.134. The molecule has 6 nitrogen and oxygen atoms in total. The molecule has 2 rings (SSSR count). The first-order valence-electron chi connectivity index (χ1n) is 7.40. The van der Waals surface area contributed by atoms with Crippen LogP contribution in [0.3, 0.4) is 0 Å². The maximum Gasteiger partial charge on any atom is 0.303 e. The van der Waals surface area contributed by atoms with Crippen LogP contribution < -0.4 is 5.32 Å². The Kier molecular flexibility index (Phi) is 5.13. The van der Waals surface area contributed by atoms with Crippen LogP contribution in [0.25, 0.3) is 0 Å². The minimum absolute atomic E-state index is 0.0732. The molecule has 2 aliphatic rings. The van der Waals surface area contributed by atoms with Gasteiger partial charge in [0.1, 0.15) is 6.04 Å². The number of thioether (sulfide) groups is 1. The molecule has 2 unspecified atom stereocenters. The van der Waals surface area contributed by atoms with Gasteiger partial charge in [0.2, 0.25) is 11.8 Å². The molecule has 0 spiro atoms. The summed E-state index contributed by atoms with van der Waals surface area (Å²) in [6.07, 6.45) is 3.70. The number of carbonyl (C=O) groups is 3. The van der Waals surface area contributed by atoms with Crippen molar-refractivity contribution in [3.05, 3.63) is 0 Å². The number of unbranched alkanes of at least 4 members (excludes halogenated alkanes) is 2.